The van der Waals surface area contributed by atoms with Gasteiger partial charge in [0, 0.05) is 51.0 Å². The van der Waals surface area contributed by atoms with Gasteiger partial charge in [0.05, 0.1) is 5.54 Å². The Bertz CT molecular complexity index is 602. The van der Waals surface area contributed by atoms with Crippen LogP contribution in [0.3, 0.4) is 0 Å². The predicted octanol–water partition coefficient (Wildman–Crippen LogP) is 1.85. The average Bonchev–Trinajstić information content (AvgIpc) is 2.61. The first-order valence-electron chi connectivity index (χ1n) is 9.49. The van der Waals surface area contributed by atoms with E-state index in [0.29, 0.717) is 6.04 Å². The van der Waals surface area contributed by atoms with Crippen LogP contribution in [-0.2, 0) is 4.79 Å². The van der Waals surface area contributed by atoms with Crippen molar-refractivity contribution in [2.75, 3.05) is 44.2 Å². The van der Waals surface area contributed by atoms with Gasteiger partial charge in [0.1, 0.15) is 0 Å². The van der Waals surface area contributed by atoms with Crippen LogP contribution in [0.2, 0.25) is 0 Å². The molecular weight excluding hydrogens is 312 g/mol. The lowest BCUT2D eigenvalue weighted by molar-refractivity contribution is -0.138. The van der Waals surface area contributed by atoms with E-state index in [1.54, 1.807) is 13.8 Å². The molecular formula is C20H32N4O. The van der Waals surface area contributed by atoms with Gasteiger partial charge < -0.3 is 15.5 Å². The van der Waals surface area contributed by atoms with E-state index >= 15 is 0 Å². The van der Waals surface area contributed by atoms with E-state index < -0.39 is 5.54 Å². The van der Waals surface area contributed by atoms with E-state index in [1.807, 2.05) is 4.90 Å². The number of piperazine rings is 1. The largest absolute Gasteiger partial charge is 0.369 e. The van der Waals surface area contributed by atoms with Crippen molar-refractivity contribution in [3.05, 3.63) is 29.8 Å². The number of anilines is 1. The van der Waals surface area contributed by atoms with E-state index in [9.17, 15) is 4.79 Å². The molecule has 2 saturated heterocycles. The summed E-state index contributed by atoms with van der Waals surface area (Å²) in [5.74, 6) is 0.0794. The summed E-state index contributed by atoms with van der Waals surface area (Å²) in [6.07, 6.45) is 2.25. The number of rotatable bonds is 3. The fraction of sp³-hybridized carbons (Fsp3) is 0.650. The first-order valence-corrected chi connectivity index (χ1v) is 9.49. The van der Waals surface area contributed by atoms with Crippen LogP contribution in [0.5, 0.6) is 0 Å². The van der Waals surface area contributed by atoms with Crippen molar-refractivity contribution >= 4 is 11.6 Å². The molecule has 0 radical (unpaired) electrons. The zero-order valence-corrected chi connectivity index (χ0v) is 15.9. The first kappa shape index (κ1) is 18.2. The quantitative estimate of drug-likeness (QED) is 0.909. The first-order chi connectivity index (χ1) is 11.9. The number of amides is 1. The van der Waals surface area contributed by atoms with E-state index in [-0.39, 0.29) is 5.91 Å². The molecule has 5 nitrogen and oxygen atoms in total. The fourth-order valence-electron chi connectivity index (χ4n) is 4.09. The molecule has 1 amide bonds. The summed E-state index contributed by atoms with van der Waals surface area (Å²) in [6.45, 7) is 11.7. The topological polar surface area (TPSA) is 52.8 Å². The van der Waals surface area contributed by atoms with Crippen molar-refractivity contribution in [1.29, 1.82) is 0 Å². The van der Waals surface area contributed by atoms with Crippen LogP contribution in [-0.4, -0.2) is 66.6 Å². The Balaban J connectivity index is 1.58. The normalized spacial score (nSPS) is 23.0. The van der Waals surface area contributed by atoms with Gasteiger partial charge in [-0.1, -0.05) is 18.2 Å². The minimum atomic E-state index is -0.772. The standard InChI is InChI=1S/C20H32N4O/c1-16-7-4-5-9-18(16)23-13-11-22(12-14-23)17-8-6-10-24(15-17)19(25)20(2,3)21/h4-5,7,9,17H,6,8,10-15,21H2,1-3H3. The molecule has 138 valence electrons. The molecule has 0 spiro atoms. The smallest absolute Gasteiger partial charge is 0.242 e. The van der Waals surface area contributed by atoms with Crippen LogP contribution < -0.4 is 10.6 Å². The van der Waals surface area contributed by atoms with Gasteiger partial charge in [0.15, 0.2) is 0 Å². The molecule has 5 heteroatoms. The molecule has 2 aliphatic rings. The Morgan fingerprint density at radius 1 is 1.12 bits per heavy atom. The van der Waals surface area contributed by atoms with Crippen molar-refractivity contribution < 1.29 is 4.79 Å². The third-order valence-corrected chi connectivity index (χ3v) is 5.52. The number of aryl methyl sites for hydroxylation is 1. The van der Waals surface area contributed by atoms with Gasteiger partial charge in [-0.3, -0.25) is 9.69 Å². The van der Waals surface area contributed by atoms with Crippen LogP contribution in [0.4, 0.5) is 5.69 Å². The summed E-state index contributed by atoms with van der Waals surface area (Å²) in [7, 11) is 0. The Morgan fingerprint density at radius 2 is 1.80 bits per heavy atom. The van der Waals surface area contributed by atoms with Crippen LogP contribution in [0, 0.1) is 6.92 Å². The number of hydrogen-bond acceptors (Lipinski definition) is 4. The molecule has 0 bridgehead atoms. The van der Waals surface area contributed by atoms with Crippen LogP contribution in [0.15, 0.2) is 24.3 Å². The second kappa shape index (κ2) is 7.34. The number of para-hydroxylation sites is 1. The van der Waals surface area contributed by atoms with Crippen LogP contribution in [0.25, 0.3) is 0 Å². The fourth-order valence-corrected chi connectivity index (χ4v) is 4.09. The molecule has 1 aromatic carbocycles. The lowest BCUT2D eigenvalue weighted by Gasteiger charge is -2.45. The molecule has 3 rings (SSSR count). The van der Waals surface area contributed by atoms with Crippen molar-refractivity contribution in [3.63, 3.8) is 0 Å². The number of nitrogens with two attached hydrogens (primary N) is 1. The highest BCUT2D eigenvalue weighted by Crippen LogP contribution is 2.24. The number of piperidine rings is 1. The van der Waals surface area contributed by atoms with E-state index in [0.717, 1.165) is 45.7 Å². The summed E-state index contributed by atoms with van der Waals surface area (Å²) < 4.78 is 0. The van der Waals surface area contributed by atoms with E-state index in [4.69, 9.17) is 5.73 Å². The van der Waals surface area contributed by atoms with Crippen LogP contribution in [0.1, 0.15) is 32.3 Å². The van der Waals surface area contributed by atoms with E-state index in [1.165, 1.54) is 17.7 Å². The van der Waals surface area contributed by atoms with Gasteiger partial charge in [-0.25, -0.2) is 0 Å². The molecule has 0 saturated carbocycles. The molecule has 1 aromatic rings. The summed E-state index contributed by atoms with van der Waals surface area (Å²) in [6, 6.07) is 9.09. The molecule has 2 N–H and O–H groups in total. The van der Waals surface area contributed by atoms with Gasteiger partial charge in [-0.2, -0.15) is 0 Å². The zero-order valence-electron chi connectivity index (χ0n) is 15.9. The van der Waals surface area contributed by atoms with Gasteiger partial charge in [-0.05, 0) is 45.2 Å². The minimum Gasteiger partial charge on any atom is -0.369 e. The molecule has 2 aliphatic heterocycles. The SMILES string of the molecule is Cc1ccccc1N1CCN(C2CCCN(C(=O)C(C)(C)N)C2)CC1. The van der Waals surface area contributed by atoms with Crippen molar-refractivity contribution in [3.8, 4) is 0 Å². The predicted molar refractivity (Wildman–Crippen MR) is 103 cm³/mol. The molecule has 0 aliphatic carbocycles. The Kier molecular flexibility index (Phi) is 5.35. The highest BCUT2D eigenvalue weighted by atomic mass is 16.2. The van der Waals surface area contributed by atoms with Gasteiger partial charge in [0.2, 0.25) is 5.91 Å². The van der Waals surface area contributed by atoms with E-state index in [2.05, 4.69) is 41.0 Å². The average molecular weight is 345 g/mol. The Morgan fingerprint density at radius 3 is 2.44 bits per heavy atom. The second-order valence-corrected chi connectivity index (χ2v) is 8.08. The molecule has 2 heterocycles. The maximum absolute atomic E-state index is 12.5. The molecule has 2 fully saturated rings. The van der Waals surface area contributed by atoms with Crippen molar-refractivity contribution in [2.24, 2.45) is 5.73 Å². The summed E-state index contributed by atoms with van der Waals surface area (Å²) in [5.41, 5.74) is 7.94. The number of likely N-dealkylation sites (tertiary alicyclic amines) is 1. The second-order valence-electron chi connectivity index (χ2n) is 8.08. The molecule has 1 unspecified atom stereocenters. The molecule has 25 heavy (non-hydrogen) atoms. The summed E-state index contributed by atoms with van der Waals surface area (Å²) in [5, 5.41) is 0. The zero-order chi connectivity index (χ0) is 18.0. The lowest BCUT2D eigenvalue weighted by Crippen LogP contribution is -2.59. The minimum absolute atomic E-state index is 0.0794. The number of nitrogens with zero attached hydrogens (tertiary/aromatic N) is 3. The van der Waals surface area contributed by atoms with Gasteiger partial charge >= 0.3 is 0 Å². The van der Waals surface area contributed by atoms with Gasteiger partial charge in [0.25, 0.3) is 0 Å². The molecule has 1 atom stereocenters. The molecule has 0 aromatic heterocycles. The van der Waals surface area contributed by atoms with Gasteiger partial charge in [-0.15, -0.1) is 0 Å². The van der Waals surface area contributed by atoms with Crippen molar-refractivity contribution in [2.45, 2.75) is 45.2 Å². The van der Waals surface area contributed by atoms with Crippen molar-refractivity contribution in [1.82, 2.24) is 9.80 Å². The summed E-state index contributed by atoms with van der Waals surface area (Å²) in [4.78, 5) is 19.5. The summed E-state index contributed by atoms with van der Waals surface area (Å²) >= 11 is 0. The van der Waals surface area contributed by atoms with Crippen LogP contribution >= 0.6 is 0 Å². The third kappa shape index (κ3) is 4.15. The maximum Gasteiger partial charge on any atom is 0.242 e. The highest BCUT2D eigenvalue weighted by Gasteiger charge is 2.34. The lowest BCUT2D eigenvalue weighted by atomic mass is 9.99. The monoisotopic (exact) mass is 344 g/mol. The maximum atomic E-state index is 12.5. The number of carbonyl (C=O) groups excluding carboxylic acids is 1. The Labute approximate surface area is 151 Å². The third-order valence-electron chi connectivity index (χ3n) is 5.52. The highest BCUT2D eigenvalue weighted by molar-refractivity contribution is 5.85. The number of carbonyl (C=O) groups is 1. The number of benzene rings is 1. The number of hydrogen-bond donors (Lipinski definition) is 1. The Hall–Kier alpha value is -1.59.